The summed E-state index contributed by atoms with van der Waals surface area (Å²) in [6.07, 6.45) is 0. The maximum absolute atomic E-state index is 6.45. The predicted molar refractivity (Wildman–Crippen MR) is 190 cm³/mol. The highest BCUT2D eigenvalue weighted by atomic mass is 32.1. The first-order chi connectivity index (χ1) is 22.3. The Morgan fingerprint density at radius 2 is 1.11 bits per heavy atom. The van der Waals surface area contributed by atoms with E-state index in [1.54, 1.807) is 0 Å². The summed E-state index contributed by atoms with van der Waals surface area (Å²) in [4.78, 5) is 7.39. The third-order valence-electron chi connectivity index (χ3n) is 8.47. The van der Waals surface area contributed by atoms with Crippen molar-refractivity contribution in [1.82, 2.24) is 4.98 Å². The van der Waals surface area contributed by atoms with Crippen molar-refractivity contribution >= 4 is 70.4 Å². The number of aromatic nitrogens is 1. The van der Waals surface area contributed by atoms with E-state index in [4.69, 9.17) is 9.40 Å². The fourth-order valence-corrected chi connectivity index (χ4v) is 7.50. The van der Waals surface area contributed by atoms with Crippen LogP contribution >= 0.6 is 11.3 Å². The number of anilines is 3. The Bertz CT molecular complexity index is 2500. The average Bonchev–Trinajstić information content (AvgIpc) is 3.71. The standard InChI is InChI=1S/C41H26N2OS/c1-3-12-27(13-4-1)29-16-11-17-30(24-29)43(31-22-23-34-33-19-9-10-21-38(33)45-39(34)25-31)37-26-36-40(35-20-8-7-18-32(35)37)44-41(42-36)28-14-5-2-6-15-28/h1-26H. The molecule has 0 amide bonds. The van der Waals surface area contributed by atoms with Crippen LogP contribution in [0, 0.1) is 0 Å². The molecule has 45 heavy (non-hydrogen) atoms. The van der Waals surface area contributed by atoms with Gasteiger partial charge in [-0.3, -0.25) is 0 Å². The van der Waals surface area contributed by atoms with Crippen molar-refractivity contribution in [2.45, 2.75) is 0 Å². The highest BCUT2D eigenvalue weighted by Gasteiger charge is 2.21. The van der Waals surface area contributed by atoms with Gasteiger partial charge in [0.2, 0.25) is 5.89 Å². The molecule has 0 saturated heterocycles. The van der Waals surface area contributed by atoms with E-state index >= 15 is 0 Å². The monoisotopic (exact) mass is 594 g/mol. The zero-order valence-corrected chi connectivity index (χ0v) is 25.0. The van der Waals surface area contributed by atoms with E-state index in [1.165, 1.54) is 31.3 Å². The molecule has 0 spiro atoms. The Morgan fingerprint density at radius 1 is 0.467 bits per heavy atom. The minimum Gasteiger partial charge on any atom is -0.435 e. The van der Waals surface area contributed by atoms with Crippen molar-refractivity contribution in [3.63, 3.8) is 0 Å². The van der Waals surface area contributed by atoms with E-state index in [-0.39, 0.29) is 0 Å². The van der Waals surface area contributed by atoms with E-state index in [0.29, 0.717) is 5.89 Å². The van der Waals surface area contributed by atoms with Gasteiger partial charge in [-0.05, 0) is 59.7 Å². The van der Waals surface area contributed by atoms with Gasteiger partial charge in [0.25, 0.3) is 0 Å². The lowest BCUT2D eigenvalue weighted by Gasteiger charge is -2.27. The van der Waals surface area contributed by atoms with Crippen molar-refractivity contribution in [2.24, 2.45) is 0 Å². The Kier molecular flexibility index (Phi) is 6.00. The Balaban J connectivity index is 1.31. The molecule has 2 heterocycles. The number of benzene rings is 7. The molecule has 0 aliphatic carbocycles. The zero-order chi connectivity index (χ0) is 29.7. The van der Waals surface area contributed by atoms with Crippen LogP contribution in [0.4, 0.5) is 17.1 Å². The lowest BCUT2D eigenvalue weighted by atomic mass is 10.0. The Morgan fingerprint density at radius 3 is 1.93 bits per heavy atom. The largest absolute Gasteiger partial charge is 0.435 e. The number of rotatable bonds is 5. The summed E-state index contributed by atoms with van der Waals surface area (Å²) < 4.78 is 9.01. The molecule has 0 N–H and O–H groups in total. The molecule has 0 unspecified atom stereocenters. The van der Waals surface area contributed by atoms with Gasteiger partial charge in [0.15, 0.2) is 5.58 Å². The third-order valence-corrected chi connectivity index (χ3v) is 9.60. The van der Waals surface area contributed by atoms with Crippen LogP contribution in [0.25, 0.3) is 64.6 Å². The summed E-state index contributed by atoms with van der Waals surface area (Å²) in [6, 6.07) is 55.6. The molecule has 0 saturated carbocycles. The van der Waals surface area contributed by atoms with Gasteiger partial charge in [-0.25, -0.2) is 4.98 Å². The topological polar surface area (TPSA) is 29.3 Å². The first kappa shape index (κ1) is 25.8. The van der Waals surface area contributed by atoms with E-state index in [1.807, 2.05) is 41.7 Å². The van der Waals surface area contributed by atoms with Gasteiger partial charge in [-0.15, -0.1) is 11.3 Å². The van der Waals surface area contributed by atoms with Crippen molar-refractivity contribution in [1.29, 1.82) is 0 Å². The predicted octanol–water partition coefficient (Wildman–Crippen LogP) is 12.2. The lowest BCUT2D eigenvalue weighted by Crippen LogP contribution is -2.10. The molecule has 0 bridgehead atoms. The summed E-state index contributed by atoms with van der Waals surface area (Å²) >= 11 is 1.84. The van der Waals surface area contributed by atoms with Crippen molar-refractivity contribution in [3.8, 4) is 22.6 Å². The first-order valence-electron chi connectivity index (χ1n) is 15.0. The summed E-state index contributed by atoms with van der Waals surface area (Å²) in [7, 11) is 0. The highest BCUT2D eigenvalue weighted by Crippen LogP contribution is 2.45. The second-order valence-corrected chi connectivity index (χ2v) is 12.3. The molecular weight excluding hydrogens is 569 g/mol. The maximum Gasteiger partial charge on any atom is 0.227 e. The fraction of sp³-hybridized carbons (Fsp3) is 0. The highest BCUT2D eigenvalue weighted by molar-refractivity contribution is 7.25. The quantitative estimate of drug-likeness (QED) is 0.198. The molecule has 0 radical (unpaired) electrons. The first-order valence-corrected chi connectivity index (χ1v) is 15.9. The van der Waals surface area contributed by atoms with Crippen LogP contribution < -0.4 is 4.90 Å². The third kappa shape index (κ3) is 4.38. The van der Waals surface area contributed by atoms with Crippen LogP contribution in [0.15, 0.2) is 162 Å². The van der Waals surface area contributed by atoms with Gasteiger partial charge in [0.05, 0.1) is 5.69 Å². The molecule has 0 aliphatic heterocycles. The van der Waals surface area contributed by atoms with E-state index in [2.05, 4.69) is 132 Å². The molecule has 0 fully saturated rings. The van der Waals surface area contributed by atoms with Crippen molar-refractivity contribution in [3.05, 3.63) is 158 Å². The van der Waals surface area contributed by atoms with Crippen LogP contribution in [0.1, 0.15) is 0 Å². The normalized spacial score (nSPS) is 11.6. The summed E-state index contributed by atoms with van der Waals surface area (Å²) in [6.45, 7) is 0. The van der Waals surface area contributed by atoms with Gasteiger partial charge in [0, 0.05) is 47.9 Å². The molecule has 4 heteroatoms. The van der Waals surface area contributed by atoms with Gasteiger partial charge >= 0.3 is 0 Å². The van der Waals surface area contributed by atoms with E-state index in [0.717, 1.165) is 44.5 Å². The van der Waals surface area contributed by atoms with Crippen LogP contribution in [-0.4, -0.2) is 4.98 Å². The second kappa shape index (κ2) is 10.5. The SMILES string of the molecule is c1ccc(-c2cccc(N(c3ccc4c(c3)sc3ccccc34)c3cc4nc(-c5ccccc5)oc4c4ccccc34)c2)cc1. The molecule has 0 atom stereocenters. The molecule has 2 aromatic heterocycles. The lowest BCUT2D eigenvalue weighted by molar-refractivity contribution is 0.623. The number of nitrogens with zero attached hydrogens (tertiary/aromatic N) is 2. The average molecular weight is 595 g/mol. The maximum atomic E-state index is 6.45. The molecule has 0 aliphatic rings. The molecule has 9 aromatic rings. The fourth-order valence-electron chi connectivity index (χ4n) is 6.36. The molecular formula is C41H26N2OS. The summed E-state index contributed by atoms with van der Waals surface area (Å²) in [5, 5.41) is 4.71. The molecule has 9 rings (SSSR count). The smallest absolute Gasteiger partial charge is 0.227 e. The molecule has 7 aromatic carbocycles. The minimum absolute atomic E-state index is 0.622. The van der Waals surface area contributed by atoms with Crippen LogP contribution in [0.5, 0.6) is 0 Å². The van der Waals surface area contributed by atoms with E-state index < -0.39 is 0 Å². The Hall–Kier alpha value is -5.71. The summed E-state index contributed by atoms with van der Waals surface area (Å²) in [5.41, 5.74) is 8.16. The van der Waals surface area contributed by atoms with Gasteiger partial charge in [-0.2, -0.15) is 0 Å². The summed E-state index contributed by atoms with van der Waals surface area (Å²) in [5.74, 6) is 0.622. The van der Waals surface area contributed by atoms with Crippen molar-refractivity contribution < 1.29 is 4.42 Å². The van der Waals surface area contributed by atoms with E-state index in [9.17, 15) is 0 Å². The van der Waals surface area contributed by atoms with Crippen molar-refractivity contribution in [2.75, 3.05) is 4.90 Å². The van der Waals surface area contributed by atoms with Gasteiger partial charge in [0.1, 0.15) is 5.52 Å². The second-order valence-electron chi connectivity index (χ2n) is 11.2. The Labute approximate surface area is 264 Å². The van der Waals surface area contributed by atoms with Crippen LogP contribution in [0.3, 0.4) is 0 Å². The zero-order valence-electron chi connectivity index (χ0n) is 24.2. The minimum atomic E-state index is 0.622. The number of hydrogen-bond donors (Lipinski definition) is 0. The van der Waals surface area contributed by atoms with Gasteiger partial charge in [-0.1, -0.05) is 109 Å². The van der Waals surface area contributed by atoms with Crippen LogP contribution in [0.2, 0.25) is 0 Å². The molecule has 3 nitrogen and oxygen atoms in total. The van der Waals surface area contributed by atoms with Gasteiger partial charge < -0.3 is 9.32 Å². The molecule has 212 valence electrons. The number of oxazole rings is 1. The number of hydrogen-bond acceptors (Lipinski definition) is 4. The number of thiophene rings is 1. The number of fused-ring (bicyclic) bond motifs is 6. The van der Waals surface area contributed by atoms with Crippen LogP contribution in [-0.2, 0) is 0 Å².